The van der Waals surface area contributed by atoms with Gasteiger partial charge in [-0.3, -0.25) is 9.59 Å². The Morgan fingerprint density at radius 1 is 1.13 bits per heavy atom. The highest BCUT2D eigenvalue weighted by Crippen LogP contribution is 2.30. The molecule has 0 bridgehead atoms. The normalized spacial score (nSPS) is 13.7. The third-order valence-electron chi connectivity index (χ3n) is 5.32. The molecule has 0 aliphatic carbocycles. The van der Waals surface area contributed by atoms with Crippen LogP contribution in [0.3, 0.4) is 0 Å². The Morgan fingerprint density at radius 3 is 2.53 bits per heavy atom. The van der Waals surface area contributed by atoms with Crippen molar-refractivity contribution in [2.45, 2.75) is 19.4 Å². The third kappa shape index (κ3) is 5.10. The zero-order valence-electron chi connectivity index (χ0n) is 18.1. The SMILES string of the molecule is CCOc1ccc(NC(=O)C(=O)NCC(c2ccc3c(c2)CCN3C)N(C)C)cc1. The second-order valence-corrected chi connectivity index (χ2v) is 7.66. The second kappa shape index (κ2) is 9.63. The molecule has 0 saturated carbocycles. The highest BCUT2D eigenvalue weighted by Gasteiger charge is 2.22. The molecule has 7 heteroatoms. The van der Waals surface area contributed by atoms with Crippen LogP contribution in [0.1, 0.15) is 24.1 Å². The smallest absolute Gasteiger partial charge is 0.313 e. The lowest BCUT2D eigenvalue weighted by Crippen LogP contribution is -2.40. The molecule has 7 nitrogen and oxygen atoms in total. The van der Waals surface area contributed by atoms with Crippen LogP contribution in [0.5, 0.6) is 5.75 Å². The second-order valence-electron chi connectivity index (χ2n) is 7.66. The van der Waals surface area contributed by atoms with Gasteiger partial charge in [-0.2, -0.15) is 0 Å². The molecule has 3 rings (SSSR count). The number of benzene rings is 2. The van der Waals surface area contributed by atoms with Crippen molar-refractivity contribution in [3.8, 4) is 5.75 Å². The van der Waals surface area contributed by atoms with E-state index in [0.29, 0.717) is 24.6 Å². The highest BCUT2D eigenvalue weighted by atomic mass is 16.5. The van der Waals surface area contributed by atoms with Crippen molar-refractivity contribution >= 4 is 23.2 Å². The molecule has 1 heterocycles. The Kier molecular flexibility index (Phi) is 6.95. The van der Waals surface area contributed by atoms with Gasteiger partial charge in [-0.25, -0.2) is 0 Å². The molecule has 0 spiro atoms. The van der Waals surface area contributed by atoms with E-state index in [0.717, 1.165) is 18.5 Å². The number of rotatable bonds is 7. The minimum absolute atomic E-state index is 0.0246. The number of carbonyl (C=O) groups excluding carboxylic acids is 2. The molecule has 2 N–H and O–H groups in total. The van der Waals surface area contributed by atoms with Crippen LogP contribution in [0.15, 0.2) is 42.5 Å². The first kappa shape index (κ1) is 21.6. The van der Waals surface area contributed by atoms with E-state index >= 15 is 0 Å². The van der Waals surface area contributed by atoms with Crippen molar-refractivity contribution in [1.82, 2.24) is 10.2 Å². The largest absolute Gasteiger partial charge is 0.494 e. The van der Waals surface area contributed by atoms with Crippen LogP contribution in [-0.2, 0) is 16.0 Å². The average Bonchev–Trinajstić information content (AvgIpc) is 3.09. The zero-order valence-corrected chi connectivity index (χ0v) is 18.1. The molecule has 0 radical (unpaired) electrons. The molecule has 1 atom stereocenters. The number of likely N-dealkylation sites (N-methyl/N-ethyl adjacent to an activating group) is 2. The number of carbonyl (C=O) groups is 2. The fourth-order valence-corrected chi connectivity index (χ4v) is 3.65. The molecule has 2 aromatic rings. The molecular weight excluding hydrogens is 380 g/mol. The van der Waals surface area contributed by atoms with Crippen LogP contribution in [0.4, 0.5) is 11.4 Å². The summed E-state index contributed by atoms with van der Waals surface area (Å²) in [5.41, 5.74) is 4.25. The van der Waals surface area contributed by atoms with Crippen LogP contribution in [0, 0.1) is 0 Å². The van der Waals surface area contributed by atoms with Gasteiger partial charge in [0.15, 0.2) is 0 Å². The topological polar surface area (TPSA) is 73.9 Å². The first-order valence-corrected chi connectivity index (χ1v) is 10.2. The number of nitrogens with zero attached hydrogens (tertiary/aromatic N) is 2. The number of fused-ring (bicyclic) bond motifs is 1. The molecule has 1 aliphatic rings. The van der Waals surface area contributed by atoms with E-state index in [1.165, 1.54) is 11.3 Å². The summed E-state index contributed by atoms with van der Waals surface area (Å²) in [6.45, 7) is 3.84. The third-order valence-corrected chi connectivity index (χ3v) is 5.32. The molecule has 160 valence electrons. The van der Waals surface area contributed by atoms with Crippen LogP contribution >= 0.6 is 0 Å². The molecule has 0 saturated heterocycles. The van der Waals surface area contributed by atoms with Crippen LogP contribution < -0.4 is 20.3 Å². The van der Waals surface area contributed by atoms with Gasteiger partial charge in [0.05, 0.1) is 12.6 Å². The van der Waals surface area contributed by atoms with Gasteiger partial charge >= 0.3 is 11.8 Å². The Labute approximate surface area is 178 Å². The number of hydrogen-bond donors (Lipinski definition) is 2. The minimum atomic E-state index is -0.688. The van der Waals surface area contributed by atoms with E-state index in [-0.39, 0.29) is 6.04 Å². The number of ether oxygens (including phenoxy) is 1. The summed E-state index contributed by atoms with van der Waals surface area (Å²) in [5, 5.41) is 5.38. The van der Waals surface area contributed by atoms with Gasteiger partial charge in [0.2, 0.25) is 0 Å². The van der Waals surface area contributed by atoms with Crippen molar-refractivity contribution in [3.05, 3.63) is 53.6 Å². The first-order valence-electron chi connectivity index (χ1n) is 10.2. The zero-order chi connectivity index (χ0) is 21.7. The minimum Gasteiger partial charge on any atom is -0.494 e. The van der Waals surface area contributed by atoms with E-state index in [9.17, 15) is 9.59 Å². The summed E-state index contributed by atoms with van der Waals surface area (Å²) in [6, 6.07) is 13.3. The molecule has 30 heavy (non-hydrogen) atoms. The summed E-state index contributed by atoms with van der Waals surface area (Å²) in [6.07, 6.45) is 1.02. The van der Waals surface area contributed by atoms with Crippen molar-refractivity contribution in [2.75, 3.05) is 51.1 Å². The van der Waals surface area contributed by atoms with Crippen molar-refractivity contribution in [3.63, 3.8) is 0 Å². The van der Waals surface area contributed by atoms with Gasteiger partial charge in [0.1, 0.15) is 5.75 Å². The van der Waals surface area contributed by atoms with E-state index in [2.05, 4.69) is 40.8 Å². The highest BCUT2D eigenvalue weighted by molar-refractivity contribution is 6.39. The molecule has 2 aromatic carbocycles. The van der Waals surface area contributed by atoms with Gasteiger partial charge in [-0.05, 0) is 68.9 Å². The Hall–Kier alpha value is -3.06. The molecule has 1 unspecified atom stereocenters. The van der Waals surface area contributed by atoms with Crippen LogP contribution in [0.2, 0.25) is 0 Å². The number of anilines is 2. The van der Waals surface area contributed by atoms with E-state index in [1.54, 1.807) is 24.3 Å². The first-order chi connectivity index (χ1) is 14.4. The molecule has 1 aliphatic heterocycles. The molecular formula is C23H30N4O3. The van der Waals surface area contributed by atoms with Gasteiger partial charge in [0.25, 0.3) is 0 Å². The summed E-state index contributed by atoms with van der Waals surface area (Å²) in [5.74, 6) is -0.627. The molecule has 2 amide bonds. The lowest BCUT2D eigenvalue weighted by Gasteiger charge is -2.26. The van der Waals surface area contributed by atoms with Crippen molar-refractivity contribution in [2.24, 2.45) is 0 Å². The summed E-state index contributed by atoms with van der Waals surface area (Å²) < 4.78 is 5.38. The van der Waals surface area contributed by atoms with E-state index in [1.807, 2.05) is 25.9 Å². The van der Waals surface area contributed by atoms with Gasteiger partial charge in [0, 0.05) is 31.5 Å². The molecule has 0 aromatic heterocycles. The quantitative estimate of drug-likeness (QED) is 0.686. The lowest BCUT2D eigenvalue weighted by molar-refractivity contribution is -0.136. The number of hydrogen-bond acceptors (Lipinski definition) is 5. The summed E-state index contributed by atoms with van der Waals surface area (Å²) >= 11 is 0. The molecule has 0 fully saturated rings. The maximum Gasteiger partial charge on any atom is 0.313 e. The predicted octanol–water partition coefficient (Wildman–Crippen LogP) is 2.44. The van der Waals surface area contributed by atoms with Gasteiger partial charge < -0.3 is 25.2 Å². The summed E-state index contributed by atoms with van der Waals surface area (Å²) in [7, 11) is 6.03. The average molecular weight is 411 g/mol. The lowest BCUT2D eigenvalue weighted by atomic mass is 10.0. The fourth-order valence-electron chi connectivity index (χ4n) is 3.65. The summed E-state index contributed by atoms with van der Waals surface area (Å²) in [4.78, 5) is 28.9. The van der Waals surface area contributed by atoms with E-state index in [4.69, 9.17) is 4.74 Å². The van der Waals surface area contributed by atoms with Crippen LogP contribution in [0.25, 0.3) is 0 Å². The van der Waals surface area contributed by atoms with Crippen molar-refractivity contribution < 1.29 is 14.3 Å². The standard InChI is InChI=1S/C23H30N4O3/c1-5-30-19-9-7-18(8-10-19)25-23(29)22(28)24-15-21(26(2)3)16-6-11-20-17(14-16)12-13-27(20)4/h6-11,14,21H,5,12-13,15H2,1-4H3,(H,24,28)(H,25,29). The van der Waals surface area contributed by atoms with Gasteiger partial charge in [-0.1, -0.05) is 12.1 Å². The Bertz CT molecular complexity index is 896. The van der Waals surface area contributed by atoms with Crippen LogP contribution in [-0.4, -0.2) is 57.6 Å². The number of amides is 2. The van der Waals surface area contributed by atoms with Gasteiger partial charge in [-0.15, -0.1) is 0 Å². The van der Waals surface area contributed by atoms with Crippen molar-refractivity contribution in [1.29, 1.82) is 0 Å². The maximum absolute atomic E-state index is 12.3. The Balaban J connectivity index is 1.59. The predicted molar refractivity (Wildman–Crippen MR) is 119 cm³/mol. The van der Waals surface area contributed by atoms with E-state index < -0.39 is 11.8 Å². The maximum atomic E-state index is 12.3. The monoisotopic (exact) mass is 410 g/mol. The fraction of sp³-hybridized carbons (Fsp3) is 0.391. The Morgan fingerprint density at radius 2 is 1.87 bits per heavy atom. The number of nitrogens with one attached hydrogen (secondary N) is 2.